The molecular weight excluding hydrogens is 240 g/mol. The summed E-state index contributed by atoms with van der Waals surface area (Å²) < 4.78 is 5.04. The van der Waals surface area contributed by atoms with Gasteiger partial charge in [0, 0.05) is 25.2 Å². The van der Waals surface area contributed by atoms with Gasteiger partial charge in [0.2, 0.25) is 5.91 Å². The number of hydrogen-bond acceptors (Lipinski definition) is 3. The van der Waals surface area contributed by atoms with Crippen molar-refractivity contribution in [2.24, 2.45) is 5.92 Å². The number of rotatable bonds is 3. The van der Waals surface area contributed by atoms with Gasteiger partial charge in [0.1, 0.15) is 0 Å². The third-order valence-corrected chi connectivity index (χ3v) is 4.54. The first-order valence-corrected chi connectivity index (χ1v) is 7.26. The van der Waals surface area contributed by atoms with Crippen LogP contribution in [0.5, 0.6) is 0 Å². The maximum absolute atomic E-state index is 12.4. The van der Waals surface area contributed by atoms with E-state index in [1.165, 1.54) is 25.7 Å². The van der Waals surface area contributed by atoms with E-state index in [1.54, 1.807) is 17.4 Å². The molecule has 3 atom stereocenters. The minimum absolute atomic E-state index is 0.0185. The number of carbonyl (C=O) groups is 1. The average molecular weight is 262 g/mol. The Bertz CT molecular complexity index is 415. The zero-order chi connectivity index (χ0) is 13.2. The van der Waals surface area contributed by atoms with E-state index in [2.05, 4.69) is 5.32 Å². The second-order valence-electron chi connectivity index (χ2n) is 5.93. The summed E-state index contributed by atoms with van der Waals surface area (Å²) in [6.45, 7) is 0.628. The number of carbonyl (C=O) groups excluding carboxylic acids is 1. The predicted molar refractivity (Wildman–Crippen MR) is 72.5 cm³/mol. The Morgan fingerprint density at radius 2 is 2.32 bits per heavy atom. The van der Waals surface area contributed by atoms with E-state index in [0.29, 0.717) is 18.5 Å². The van der Waals surface area contributed by atoms with Crippen molar-refractivity contribution in [1.82, 2.24) is 10.2 Å². The Morgan fingerprint density at radius 1 is 1.47 bits per heavy atom. The number of furan rings is 1. The van der Waals surface area contributed by atoms with Crippen molar-refractivity contribution in [3.8, 4) is 0 Å². The molecule has 0 aromatic carbocycles. The molecule has 1 aromatic heterocycles. The minimum atomic E-state index is 0.0185. The SMILES string of the molecule is CN(Cc1ccoc1)C(=O)C1CC2CCCCC2N1. The van der Waals surface area contributed by atoms with E-state index < -0.39 is 0 Å². The van der Waals surface area contributed by atoms with Gasteiger partial charge in [-0.2, -0.15) is 0 Å². The largest absolute Gasteiger partial charge is 0.472 e. The summed E-state index contributed by atoms with van der Waals surface area (Å²) in [6.07, 6.45) is 9.52. The zero-order valence-electron chi connectivity index (χ0n) is 11.5. The Labute approximate surface area is 114 Å². The molecule has 3 rings (SSSR count). The lowest BCUT2D eigenvalue weighted by Gasteiger charge is -2.24. The lowest BCUT2D eigenvalue weighted by molar-refractivity contribution is -0.132. The van der Waals surface area contributed by atoms with E-state index in [1.807, 2.05) is 13.1 Å². The molecule has 19 heavy (non-hydrogen) atoms. The van der Waals surface area contributed by atoms with Crippen molar-refractivity contribution in [1.29, 1.82) is 0 Å². The van der Waals surface area contributed by atoms with E-state index in [0.717, 1.165) is 12.0 Å². The van der Waals surface area contributed by atoms with Gasteiger partial charge >= 0.3 is 0 Å². The maximum Gasteiger partial charge on any atom is 0.239 e. The normalized spacial score (nSPS) is 30.1. The maximum atomic E-state index is 12.4. The van der Waals surface area contributed by atoms with Crippen LogP contribution in [-0.2, 0) is 11.3 Å². The highest BCUT2D eigenvalue weighted by molar-refractivity contribution is 5.82. The summed E-state index contributed by atoms with van der Waals surface area (Å²) in [5.74, 6) is 0.931. The summed E-state index contributed by atoms with van der Waals surface area (Å²) >= 11 is 0. The molecule has 4 heteroatoms. The molecule has 1 N–H and O–H groups in total. The average Bonchev–Trinajstić information content (AvgIpc) is 3.05. The van der Waals surface area contributed by atoms with Crippen LogP contribution in [0.1, 0.15) is 37.7 Å². The summed E-state index contributed by atoms with van der Waals surface area (Å²) in [7, 11) is 1.87. The Balaban J connectivity index is 1.58. The van der Waals surface area contributed by atoms with Crippen molar-refractivity contribution >= 4 is 5.91 Å². The fourth-order valence-corrected chi connectivity index (χ4v) is 3.51. The van der Waals surface area contributed by atoms with E-state index >= 15 is 0 Å². The van der Waals surface area contributed by atoms with Crippen LogP contribution in [0.15, 0.2) is 23.0 Å². The van der Waals surface area contributed by atoms with Gasteiger partial charge in [0.25, 0.3) is 0 Å². The highest BCUT2D eigenvalue weighted by Gasteiger charge is 2.39. The molecule has 2 fully saturated rings. The first-order valence-electron chi connectivity index (χ1n) is 7.26. The van der Waals surface area contributed by atoms with Crippen LogP contribution in [-0.4, -0.2) is 29.9 Å². The second-order valence-corrected chi connectivity index (χ2v) is 5.93. The third-order valence-electron chi connectivity index (χ3n) is 4.54. The Hall–Kier alpha value is -1.29. The molecule has 2 aliphatic rings. The number of nitrogens with zero attached hydrogens (tertiary/aromatic N) is 1. The van der Waals surface area contributed by atoms with Crippen LogP contribution in [0.25, 0.3) is 0 Å². The molecule has 1 aliphatic carbocycles. The van der Waals surface area contributed by atoms with Gasteiger partial charge in [-0.1, -0.05) is 12.8 Å². The summed E-state index contributed by atoms with van der Waals surface area (Å²) in [6, 6.07) is 2.50. The third kappa shape index (κ3) is 2.68. The van der Waals surface area contributed by atoms with Crippen LogP contribution in [0.2, 0.25) is 0 Å². The molecule has 1 amide bonds. The Morgan fingerprint density at radius 3 is 3.05 bits per heavy atom. The molecule has 1 aromatic rings. The Kier molecular flexibility index (Phi) is 3.60. The fourth-order valence-electron chi connectivity index (χ4n) is 3.51. The lowest BCUT2D eigenvalue weighted by atomic mass is 9.85. The number of hydrogen-bond donors (Lipinski definition) is 1. The standard InChI is InChI=1S/C15H22N2O2/c1-17(9-11-6-7-19-10-11)15(18)14-8-12-4-2-3-5-13(12)16-14/h6-7,10,12-14,16H,2-5,8-9H2,1H3. The fraction of sp³-hybridized carbons (Fsp3) is 0.667. The topological polar surface area (TPSA) is 45.5 Å². The van der Waals surface area contributed by atoms with Crippen LogP contribution >= 0.6 is 0 Å². The summed E-state index contributed by atoms with van der Waals surface area (Å²) in [5, 5.41) is 3.54. The predicted octanol–water partition coefficient (Wildman–Crippen LogP) is 2.16. The first-order chi connectivity index (χ1) is 9.24. The monoisotopic (exact) mass is 262 g/mol. The van der Waals surface area contributed by atoms with E-state index in [9.17, 15) is 4.79 Å². The summed E-state index contributed by atoms with van der Waals surface area (Å²) in [4.78, 5) is 14.3. The molecule has 0 bridgehead atoms. The van der Waals surface area contributed by atoms with Crippen molar-refractivity contribution in [2.75, 3.05) is 7.05 Å². The van der Waals surface area contributed by atoms with Gasteiger partial charge in [-0.3, -0.25) is 4.79 Å². The quantitative estimate of drug-likeness (QED) is 0.908. The van der Waals surface area contributed by atoms with Gasteiger partial charge in [-0.25, -0.2) is 0 Å². The van der Waals surface area contributed by atoms with Crippen molar-refractivity contribution < 1.29 is 9.21 Å². The molecule has 0 radical (unpaired) electrons. The number of nitrogens with one attached hydrogen (secondary N) is 1. The van der Waals surface area contributed by atoms with Gasteiger partial charge in [0.05, 0.1) is 18.6 Å². The molecule has 3 unspecified atom stereocenters. The van der Waals surface area contributed by atoms with Crippen LogP contribution in [0.4, 0.5) is 0 Å². The lowest BCUT2D eigenvalue weighted by Crippen LogP contribution is -2.43. The highest BCUT2D eigenvalue weighted by atomic mass is 16.3. The molecular formula is C15H22N2O2. The smallest absolute Gasteiger partial charge is 0.239 e. The van der Waals surface area contributed by atoms with Crippen LogP contribution in [0.3, 0.4) is 0 Å². The van der Waals surface area contributed by atoms with Gasteiger partial charge in [-0.15, -0.1) is 0 Å². The van der Waals surface area contributed by atoms with Crippen molar-refractivity contribution in [3.63, 3.8) is 0 Å². The van der Waals surface area contributed by atoms with Crippen molar-refractivity contribution in [3.05, 3.63) is 24.2 Å². The molecule has 0 spiro atoms. The van der Waals surface area contributed by atoms with E-state index in [-0.39, 0.29) is 11.9 Å². The molecule has 4 nitrogen and oxygen atoms in total. The van der Waals surface area contributed by atoms with Crippen LogP contribution in [0, 0.1) is 5.92 Å². The van der Waals surface area contributed by atoms with E-state index in [4.69, 9.17) is 4.42 Å². The van der Waals surface area contributed by atoms with Crippen LogP contribution < -0.4 is 5.32 Å². The molecule has 1 saturated heterocycles. The number of likely N-dealkylation sites (N-methyl/N-ethyl adjacent to an activating group) is 1. The van der Waals surface area contributed by atoms with Gasteiger partial charge in [-0.05, 0) is 31.2 Å². The molecule has 104 valence electrons. The van der Waals surface area contributed by atoms with Gasteiger partial charge in [0.15, 0.2) is 0 Å². The summed E-state index contributed by atoms with van der Waals surface area (Å²) in [5.41, 5.74) is 1.05. The molecule has 1 saturated carbocycles. The van der Waals surface area contributed by atoms with Crippen molar-refractivity contribution in [2.45, 2.75) is 50.7 Å². The highest BCUT2D eigenvalue weighted by Crippen LogP contribution is 2.33. The molecule has 1 aliphatic heterocycles. The number of amides is 1. The first kappa shape index (κ1) is 12.7. The zero-order valence-corrected chi connectivity index (χ0v) is 11.5. The minimum Gasteiger partial charge on any atom is -0.472 e. The number of fused-ring (bicyclic) bond motifs is 1. The molecule has 2 heterocycles. The second kappa shape index (κ2) is 5.37. The van der Waals surface area contributed by atoms with Gasteiger partial charge < -0.3 is 14.6 Å².